The molecule has 0 saturated carbocycles. The Kier molecular flexibility index (Phi) is 10.1. The van der Waals surface area contributed by atoms with Gasteiger partial charge < -0.3 is 23.7 Å². The van der Waals surface area contributed by atoms with E-state index in [1.165, 1.54) is 0 Å². The molecule has 2 aromatic rings. The van der Waals surface area contributed by atoms with Crippen LogP contribution in [0.5, 0.6) is 11.5 Å². The van der Waals surface area contributed by atoms with Crippen molar-refractivity contribution >= 4 is 23.2 Å². The minimum absolute atomic E-state index is 0.428. The van der Waals surface area contributed by atoms with Crippen molar-refractivity contribution in [3.63, 3.8) is 0 Å². The topological polar surface area (TPSA) is 46.2 Å². The molecule has 0 spiro atoms. The van der Waals surface area contributed by atoms with E-state index < -0.39 is 11.6 Å². The SMILES string of the molecule is CCOC(CCCl)(OCC)c1ccc2c(c1)Cc1cc(C(CCCl)(OCC)OCC)ccc1O2. The van der Waals surface area contributed by atoms with Gasteiger partial charge in [-0.3, -0.25) is 0 Å². The largest absolute Gasteiger partial charge is 0.457 e. The fourth-order valence-electron chi connectivity index (χ4n) is 4.61. The van der Waals surface area contributed by atoms with Gasteiger partial charge in [0.05, 0.1) is 0 Å². The molecule has 0 atom stereocenters. The molecule has 0 N–H and O–H groups in total. The molecule has 1 aliphatic heterocycles. The third-order valence-electron chi connectivity index (χ3n) is 5.96. The summed E-state index contributed by atoms with van der Waals surface area (Å²) in [5.74, 6) is 0.773. The Morgan fingerprint density at radius 1 is 0.676 bits per heavy atom. The predicted octanol–water partition coefficient (Wildman–Crippen LogP) is 7.09. The number of hydrogen-bond donors (Lipinski definition) is 0. The first-order valence-corrected chi connectivity index (χ1v) is 13.2. The second kappa shape index (κ2) is 12.6. The average molecular weight is 511 g/mol. The van der Waals surface area contributed by atoms with Crippen LogP contribution in [0.2, 0.25) is 0 Å². The summed E-state index contributed by atoms with van der Waals surface area (Å²) >= 11 is 12.3. The summed E-state index contributed by atoms with van der Waals surface area (Å²) < 4.78 is 30.7. The zero-order valence-corrected chi connectivity index (χ0v) is 22.1. The van der Waals surface area contributed by atoms with E-state index in [1.807, 2.05) is 52.0 Å². The van der Waals surface area contributed by atoms with Crippen LogP contribution in [-0.4, -0.2) is 38.2 Å². The quantitative estimate of drug-likeness (QED) is 0.171. The smallest absolute Gasteiger partial charge is 0.195 e. The number of benzene rings is 2. The Balaban J connectivity index is 1.99. The minimum atomic E-state index is -0.873. The molecule has 2 aromatic carbocycles. The van der Waals surface area contributed by atoms with E-state index in [0.29, 0.717) is 57.4 Å². The highest BCUT2D eigenvalue weighted by molar-refractivity contribution is 6.18. The van der Waals surface area contributed by atoms with Gasteiger partial charge in [-0.1, -0.05) is 0 Å². The standard InChI is InChI=1S/C27H36Cl2O5/c1-5-30-26(13-15-28,31-6-2)22-9-11-24-20(18-22)17-21-19-23(10-12-25(21)34-24)27(14-16-29,32-7-3)33-8-4/h9-12,18-19H,5-8,13-17H2,1-4H3. The van der Waals surface area contributed by atoms with Crippen LogP contribution in [0.1, 0.15) is 62.8 Å². The van der Waals surface area contributed by atoms with Gasteiger partial charge in [0.1, 0.15) is 11.5 Å². The summed E-state index contributed by atoms with van der Waals surface area (Å²) in [4.78, 5) is 0. The molecule has 34 heavy (non-hydrogen) atoms. The van der Waals surface area contributed by atoms with Crippen molar-refractivity contribution in [1.82, 2.24) is 0 Å². The highest BCUT2D eigenvalue weighted by Crippen LogP contribution is 2.42. The van der Waals surface area contributed by atoms with E-state index in [2.05, 4.69) is 12.1 Å². The highest BCUT2D eigenvalue weighted by Gasteiger charge is 2.36. The molecule has 0 bridgehead atoms. The van der Waals surface area contributed by atoms with Crippen LogP contribution in [0.25, 0.3) is 0 Å². The second-order valence-electron chi connectivity index (χ2n) is 8.04. The Morgan fingerprint density at radius 3 is 1.38 bits per heavy atom. The maximum Gasteiger partial charge on any atom is 0.195 e. The summed E-state index contributed by atoms with van der Waals surface area (Å²) in [5, 5.41) is 0. The Bertz CT molecular complexity index is 826. The Hall–Kier alpha value is -1.34. The third kappa shape index (κ3) is 5.72. The van der Waals surface area contributed by atoms with Gasteiger partial charge in [0.2, 0.25) is 0 Å². The van der Waals surface area contributed by atoms with Crippen molar-refractivity contribution in [2.45, 2.75) is 58.5 Å². The molecule has 0 aliphatic carbocycles. The molecule has 188 valence electrons. The summed E-state index contributed by atoms with van der Waals surface area (Å²) in [6, 6.07) is 12.2. The molecular weight excluding hydrogens is 475 g/mol. The molecule has 0 radical (unpaired) electrons. The first-order valence-electron chi connectivity index (χ1n) is 12.1. The lowest BCUT2D eigenvalue weighted by molar-refractivity contribution is -0.244. The van der Waals surface area contributed by atoms with Crippen LogP contribution < -0.4 is 4.74 Å². The average Bonchev–Trinajstić information content (AvgIpc) is 2.83. The second-order valence-corrected chi connectivity index (χ2v) is 8.80. The lowest BCUT2D eigenvalue weighted by Gasteiger charge is -2.35. The first-order chi connectivity index (χ1) is 16.5. The van der Waals surface area contributed by atoms with Crippen LogP contribution in [-0.2, 0) is 36.9 Å². The molecule has 7 heteroatoms. The molecule has 5 nitrogen and oxygen atoms in total. The van der Waals surface area contributed by atoms with Gasteiger partial charge in [0.25, 0.3) is 0 Å². The predicted molar refractivity (Wildman–Crippen MR) is 136 cm³/mol. The molecule has 3 rings (SSSR count). The zero-order chi connectivity index (χ0) is 24.6. The molecule has 1 heterocycles. The van der Waals surface area contributed by atoms with Gasteiger partial charge in [-0.2, -0.15) is 0 Å². The third-order valence-corrected chi connectivity index (χ3v) is 6.34. The highest BCUT2D eigenvalue weighted by atomic mass is 35.5. The van der Waals surface area contributed by atoms with Crippen LogP contribution in [0, 0.1) is 0 Å². The van der Waals surface area contributed by atoms with Crippen molar-refractivity contribution in [1.29, 1.82) is 0 Å². The normalized spacial score (nSPS) is 13.4. The summed E-state index contributed by atoms with van der Waals surface area (Å²) in [5.41, 5.74) is 4.02. The summed E-state index contributed by atoms with van der Waals surface area (Å²) in [6.07, 6.45) is 1.82. The van der Waals surface area contributed by atoms with Gasteiger partial charge in [0, 0.05) is 68.6 Å². The van der Waals surface area contributed by atoms with E-state index in [9.17, 15) is 0 Å². The molecule has 0 amide bonds. The zero-order valence-electron chi connectivity index (χ0n) is 20.6. The van der Waals surface area contributed by atoms with Crippen LogP contribution in [0.4, 0.5) is 0 Å². The van der Waals surface area contributed by atoms with Gasteiger partial charge in [0.15, 0.2) is 11.6 Å². The maximum absolute atomic E-state index is 6.26. The van der Waals surface area contributed by atoms with Gasteiger partial charge in [-0.15, -0.1) is 23.2 Å². The Morgan fingerprint density at radius 2 is 1.06 bits per heavy atom. The first kappa shape index (κ1) is 27.3. The fraction of sp³-hybridized carbons (Fsp3) is 0.556. The number of halogens is 2. The van der Waals surface area contributed by atoms with Gasteiger partial charge in [-0.25, -0.2) is 0 Å². The molecule has 1 aliphatic rings. The molecule has 0 unspecified atom stereocenters. The van der Waals surface area contributed by atoms with Crippen LogP contribution in [0.3, 0.4) is 0 Å². The van der Waals surface area contributed by atoms with Crippen molar-refractivity contribution < 1.29 is 23.7 Å². The van der Waals surface area contributed by atoms with Crippen molar-refractivity contribution in [2.75, 3.05) is 38.2 Å². The Labute approximate surface area is 213 Å². The maximum atomic E-state index is 6.26. The summed E-state index contributed by atoms with van der Waals surface area (Å²) in [7, 11) is 0. The number of alkyl halides is 2. The van der Waals surface area contributed by atoms with E-state index >= 15 is 0 Å². The number of hydrogen-bond acceptors (Lipinski definition) is 5. The van der Waals surface area contributed by atoms with E-state index in [-0.39, 0.29) is 0 Å². The van der Waals surface area contributed by atoms with Crippen molar-refractivity contribution in [2.24, 2.45) is 0 Å². The summed E-state index contributed by atoms with van der Waals surface area (Å²) in [6.45, 7) is 9.94. The molecule has 0 aromatic heterocycles. The van der Waals surface area contributed by atoms with Crippen LogP contribution >= 0.6 is 23.2 Å². The van der Waals surface area contributed by atoms with E-state index in [1.54, 1.807) is 0 Å². The van der Waals surface area contributed by atoms with E-state index in [0.717, 1.165) is 33.8 Å². The van der Waals surface area contributed by atoms with E-state index in [4.69, 9.17) is 46.9 Å². The van der Waals surface area contributed by atoms with Gasteiger partial charge in [-0.05, 0) is 75.2 Å². The van der Waals surface area contributed by atoms with Crippen LogP contribution in [0.15, 0.2) is 36.4 Å². The lowest BCUT2D eigenvalue weighted by atomic mass is 9.92. The number of ether oxygens (including phenoxy) is 5. The monoisotopic (exact) mass is 510 g/mol. The number of rotatable bonds is 14. The van der Waals surface area contributed by atoms with Gasteiger partial charge >= 0.3 is 0 Å². The molecule has 0 fully saturated rings. The fourth-order valence-corrected chi connectivity index (χ4v) is 5.10. The number of fused-ring (bicyclic) bond motifs is 2. The lowest BCUT2D eigenvalue weighted by Crippen LogP contribution is -2.34. The van der Waals surface area contributed by atoms with Crippen molar-refractivity contribution in [3.05, 3.63) is 58.7 Å². The molecular formula is C27H36Cl2O5. The van der Waals surface area contributed by atoms with Crippen molar-refractivity contribution in [3.8, 4) is 11.5 Å². The minimum Gasteiger partial charge on any atom is -0.457 e. The molecule has 0 saturated heterocycles.